The number of nitrogens with zero attached hydrogens (tertiary/aromatic N) is 2. The van der Waals surface area contributed by atoms with Crippen molar-refractivity contribution in [1.82, 2.24) is 9.78 Å². The molecule has 1 aromatic rings. The Morgan fingerprint density at radius 3 is 2.40 bits per heavy atom. The van der Waals surface area contributed by atoms with Gasteiger partial charge in [-0.2, -0.15) is 5.10 Å². The Bertz CT molecular complexity index is 206. The molecule has 0 aromatic carbocycles. The topological polar surface area (TPSA) is 17.8 Å². The molecular formula is C13H26N2. The van der Waals surface area contributed by atoms with Crippen LogP contribution in [-0.2, 0) is 13.0 Å². The molecule has 0 atom stereocenters. The Kier molecular flexibility index (Phi) is 9.24. The van der Waals surface area contributed by atoms with Crippen LogP contribution in [0.3, 0.4) is 0 Å². The number of unbranched alkanes of at least 4 members (excludes halogenated alkanes) is 1. The van der Waals surface area contributed by atoms with Gasteiger partial charge in [0.2, 0.25) is 0 Å². The molecule has 2 heterocycles. The summed E-state index contributed by atoms with van der Waals surface area (Å²) in [5, 5.41) is 4.17. The van der Waals surface area contributed by atoms with Crippen molar-refractivity contribution >= 4 is 0 Å². The molecule has 2 heteroatoms. The molecule has 0 amide bonds. The molecule has 2 rings (SSSR count). The fourth-order valence-electron chi connectivity index (χ4n) is 1.34. The number of hydrogen-bond acceptors (Lipinski definition) is 1. The lowest BCUT2D eigenvalue weighted by Gasteiger charge is -2.11. The highest BCUT2D eigenvalue weighted by Gasteiger charge is 2.06. The molecule has 0 spiro atoms. The molecule has 1 aromatic heterocycles. The molecule has 15 heavy (non-hydrogen) atoms. The van der Waals surface area contributed by atoms with Crippen LogP contribution in [0.5, 0.6) is 0 Å². The van der Waals surface area contributed by atoms with E-state index in [-0.39, 0.29) is 0 Å². The minimum absolute atomic E-state index is 1.13. The Hall–Kier alpha value is -0.790. The van der Waals surface area contributed by atoms with Gasteiger partial charge in [-0.05, 0) is 25.3 Å². The molecule has 0 N–H and O–H groups in total. The van der Waals surface area contributed by atoms with Crippen molar-refractivity contribution < 1.29 is 0 Å². The van der Waals surface area contributed by atoms with E-state index in [2.05, 4.69) is 29.7 Å². The van der Waals surface area contributed by atoms with Crippen LogP contribution in [-0.4, -0.2) is 9.78 Å². The standard InChI is InChI=1S/C7H10N2.C4H10.C2H6/c1-2-6-9-7(3-1)4-5-8-9;1-3-4-2;1-2/h4-5H,1-3,6H2;3-4H2,1-2H3;1-2H3. The first-order valence-electron chi connectivity index (χ1n) is 6.39. The Labute approximate surface area is 94.7 Å². The van der Waals surface area contributed by atoms with E-state index >= 15 is 0 Å². The summed E-state index contributed by atoms with van der Waals surface area (Å²) < 4.78 is 2.10. The van der Waals surface area contributed by atoms with Crippen LogP contribution in [0.2, 0.25) is 0 Å². The van der Waals surface area contributed by atoms with Gasteiger partial charge in [-0.1, -0.05) is 40.5 Å². The zero-order valence-corrected chi connectivity index (χ0v) is 10.8. The average molecular weight is 210 g/mol. The van der Waals surface area contributed by atoms with Gasteiger partial charge in [-0.3, -0.25) is 4.68 Å². The van der Waals surface area contributed by atoms with Gasteiger partial charge in [0.25, 0.3) is 0 Å². The van der Waals surface area contributed by atoms with Crippen LogP contribution in [0.4, 0.5) is 0 Å². The van der Waals surface area contributed by atoms with Gasteiger partial charge in [0.1, 0.15) is 0 Å². The first kappa shape index (κ1) is 14.2. The Morgan fingerprint density at radius 1 is 1.20 bits per heavy atom. The molecule has 88 valence electrons. The minimum Gasteiger partial charge on any atom is -0.270 e. The third-order valence-electron chi connectivity index (χ3n) is 2.36. The second kappa shape index (κ2) is 9.75. The lowest BCUT2D eigenvalue weighted by atomic mass is 10.1. The van der Waals surface area contributed by atoms with Gasteiger partial charge in [0.05, 0.1) is 0 Å². The summed E-state index contributed by atoms with van der Waals surface area (Å²) in [7, 11) is 0. The molecule has 0 radical (unpaired) electrons. The van der Waals surface area contributed by atoms with Crippen molar-refractivity contribution in [2.24, 2.45) is 0 Å². The quantitative estimate of drug-likeness (QED) is 0.683. The molecule has 0 unspecified atom stereocenters. The number of rotatable bonds is 1. The van der Waals surface area contributed by atoms with Gasteiger partial charge >= 0.3 is 0 Å². The maximum absolute atomic E-state index is 4.17. The minimum atomic E-state index is 1.13. The van der Waals surface area contributed by atoms with Gasteiger partial charge in [-0.25, -0.2) is 0 Å². The number of aromatic nitrogens is 2. The highest BCUT2D eigenvalue weighted by Crippen LogP contribution is 2.11. The smallest absolute Gasteiger partial charge is 0.0492 e. The molecule has 0 fully saturated rings. The predicted octanol–water partition coefficient (Wildman–Crippen LogP) is 4.05. The van der Waals surface area contributed by atoms with Gasteiger partial charge in [-0.15, -0.1) is 0 Å². The van der Waals surface area contributed by atoms with Crippen LogP contribution >= 0.6 is 0 Å². The highest BCUT2D eigenvalue weighted by molar-refractivity contribution is 5.02. The van der Waals surface area contributed by atoms with Crippen molar-refractivity contribution in [2.75, 3.05) is 0 Å². The van der Waals surface area contributed by atoms with Crippen LogP contribution in [0.15, 0.2) is 12.3 Å². The first-order valence-corrected chi connectivity index (χ1v) is 6.39. The molecule has 0 aliphatic carbocycles. The van der Waals surface area contributed by atoms with E-state index in [1.54, 1.807) is 0 Å². The van der Waals surface area contributed by atoms with Crippen molar-refractivity contribution in [2.45, 2.75) is 66.3 Å². The van der Waals surface area contributed by atoms with Crippen molar-refractivity contribution in [3.05, 3.63) is 18.0 Å². The molecule has 2 nitrogen and oxygen atoms in total. The van der Waals surface area contributed by atoms with E-state index in [0.29, 0.717) is 0 Å². The summed E-state index contributed by atoms with van der Waals surface area (Å²) >= 11 is 0. The molecule has 0 saturated heterocycles. The van der Waals surface area contributed by atoms with E-state index in [0.717, 1.165) is 6.54 Å². The van der Waals surface area contributed by atoms with Gasteiger partial charge in [0.15, 0.2) is 0 Å². The van der Waals surface area contributed by atoms with E-state index in [1.807, 2.05) is 20.0 Å². The number of aryl methyl sites for hydroxylation is 2. The largest absolute Gasteiger partial charge is 0.270 e. The first-order chi connectivity index (χ1) is 7.38. The van der Waals surface area contributed by atoms with Crippen LogP contribution in [0, 0.1) is 0 Å². The van der Waals surface area contributed by atoms with E-state index in [9.17, 15) is 0 Å². The zero-order chi connectivity index (χ0) is 11.5. The van der Waals surface area contributed by atoms with Gasteiger partial charge < -0.3 is 0 Å². The average Bonchev–Trinajstić information content (AvgIpc) is 2.80. The normalized spacial score (nSPS) is 12.8. The summed E-state index contributed by atoms with van der Waals surface area (Å²) in [5.74, 6) is 0. The van der Waals surface area contributed by atoms with E-state index in [4.69, 9.17) is 0 Å². The summed E-state index contributed by atoms with van der Waals surface area (Å²) in [5.41, 5.74) is 1.40. The molecular weight excluding hydrogens is 184 g/mol. The van der Waals surface area contributed by atoms with Crippen molar-refractivity contribution in [1.29, 1.82) is 0 Å². The van der Waals surface area contributed by atoms with Crippen LogP contribution in [0.1, 0.15) is 59.1 Å². The van der Waals surface area contributed by atoms with E-state index < -0.39 is 0 Å². The van der Waals surface area contributed by atoms with Crippen LogP contribution < -0.4 is 0 Å². The Morgan fingerprint density at radius 2 is 1.87 bits per heavy atom. The summed E-state index contributed by atoms with van der Waals surface area (Å²) in [6.07, 6.45) is 8.39. The lowest BCUT2D eigenvalue weighted by Crippen LogP contribution is -2.10. The SMILES string of the molecule is CC.CCCC.c1cc2n(n1)CCCC2. The summed E-state index contributed by atoms with van der Waals surface area (Å²) in [6, 6.07) is 2.11. The highest BCUT2D eigenvalue weighted by atomic mass is 15.3. The van der Waals surface area contributed by atoms with Crippen molar-refractivity contribution in [3.63, 3.8) is 0 Å². The summed E-state index contributed by atoms with van der Waals surface area (Å²) in [6.45, 7) is 9.49. The van der Waals surface area contributed by atoms with Crippen molar-refractivity contribution in [3.8, 4) is 0 Å². The predicted molar refractivity (Wildman–Crippen MR) is 67.1 cm³/mol. The maximum Gasteiger partial charge on any atom is 0.0492 e. The van der Waals surface area contributed by atoms with E-state index in [1.165, 1.54) is 37.8 Å². The second-order valence-corrected chi connectivity index (χ2v) is 3.50. The number of fused-ring (bicyclic) bond motifs is 1. The second-order valence-electron chi connectivity index (χ2n) is 3.50. The fourth-order valence-corrected chi connectivity index (χ4v) is 1.34. The monoisotopic (exact) mass is 210 g/mol. The number of hydrogen-bond donors (Lipinski definition) is 0. The fraction of sp³-hybridized carbons (Fsp3) is 0.769. The third kappa shape index (κ3) is 5.60. The molecule has 0 bridgehead atoms. The third-order valence-corrected chi connectivity index (χ3v) is 2.36. The van der Waals surface area contributed by atoms with Gasteiger partial charge in [0, 0.05) is 18.4 Å². The molecule has 1 aliphatic heterocycles. The summed E-state index contributed by atoms with van der Waals surface area (Å²) in [4.78, 5) is 0. The lowest BCUT2D eigenvalue weighted by molar-refractivity contribution is 0.486. The molecule has 0 saturated carbocycles. The maximum atomic E-state index is 4.17. The van der Waals surface area contributed by atoms with Crippen LogP contribution in [0.25, 0.3) is 0 Å². The Balaban J connectivity index is 0.000000282. The molecule has 1 aliphatic rings. The zero-order valence-electron chi connectivity index (χ0n) is 10.8.